The summed E-state index contributed by atoms with van der Waals surface area (Å²) in [5, 5.41) is 0. The second kappa shape index (κ2) is 9.73. The fourth-order valence-electron chi connectivity index (χ4n) is 2.63. The molecule has 0 aliphatic heterocycles. The first kappa shape index (κ1) is 19.7. The molecule has 0 aliphatic rings. The van der Waals surface area contributed by atoms with Gasteiger partial charge in [-0.25, -0.2) is 4.79 Å². The Morgan fingerprint density at radius 2 is 1.80 bits per heavy atom. The number of hydrogen-bond acceptors (Lipinski definition) is 4. The molecule has 0 heterocycles. The van der Waals surface area contributed by atoms with Gasteiger partial charge in [0.25, 0.3) is 0 Å². The molecule has 2 aromatic carbocycles. The number of thioether (sulfide) groups is 1. The molecule has 1 atom stereocenters. The molecular formula is C21H24O2S2. The van der Waals surface area contributed by atoms with Gasteiger partial charge in [0.15, 0.2) is 0 Å². The third kappa shape index (κ3) is 5.41. The molecule has 0 radical (unpaired) electrons. The number of carbonyl (C=O) groups excluding carboxylic acids is 1. The van der Waals surface area contributed by atoms with E-state index in [1.807, 2.05) is 42.1 Å². The Kier molecular flexibility index (Phi) is 7.66. The minimum atomic E-state index is -0.444. The minimum Gasteiger partial charge on any atom is -0.423 e. The summed E-state index contributed by atoms with van der Waals surface area (Å²) in [6, 6.07) is 18.3. The van der Waals surface area contributed by atoms with Gasteiger partial charge in [-0.3, -0.25) is 0 Å². The van der Waals surface area contributed by atoms with Crippen molar-refractivity contribution in [2.45, 2.75) is 18.8 Å². The minimum absolute atomic E-state index is 0.108. The van der Waals surface area contributed by atoms with Crippen LogP contribution in [0.2, 0.25) is 0 Å². The number of esters is 1. The summed E-state index contributed by atoms with van der Waals surface area (Å²) in [5.41, 5.74) is 2.38. The molecule has 132 valence electrons. The molecule has 0 saturated heterocycles. The summed E-state index contributed by atoms with van der Waals surface area (Å²) in [5.74, 6) is 3.09. The average Bonchev–Trinajstić information content (AvgIpc) is 2.66. The molecule has 0 spiro atoms. The largest absolute Gasteiger partial charge is 0.423 e. The van der Waals surface area contributed by atoms with Gasteiger partial charge in [-0.05, 0) is 41.2 Å². The fourth-order valence-corrected chi connectivity index (χ4v) is 4.24. The van der Waals surface area contributed by atoms with E-state index in [4.69, 9.17) is 4.74 Å². The van der Waals surface area contributed by atoms with Gasteiger partial charge in [-0.1, -0.05) is 56.0 Å². The number of rotatable bonds is 9. The van der Waals surface area contributed by atoms with Crippen molar-refractivity contribution in [3.8, 4) is 5.75 Å². The van der Waals surface area contributed by atoms with E-state index in [9.17, 15) is 4.79 Å². The van der Waals surface area contributed by atoms with Gasteiger partial charge in [-0.15, -0.1) is 0 Å². The van der Waals surface area contributed by atoms with E-state index in [1.165, 1.54) is 17.2 Å². The molecule has 0 amide bonds. The predicted octanol–water partition coefficient (Wildman–Crippen LogP) is 5.14. The van der Waals surface area contributed by atoms with Crippen molar-refractivity contribution >= 4 is 30.4 Å². The summed E-state index contributed by atoms with van der Waals surface area (Å²) in [6.45, 7) is 5.68. The van der Waals surface area contributed by atoms with Crippen molar-refractivity contribution in [1.82, 2.24) is 0 Å². The van der Waals surface area contributed by atoms with Crippen molar-refractivity contribution in [1.29, 1.82) is 0 Å². The van der Waals surface area contributed by atoms with E-state index in [-0.39, 0.29) is 5.41 Å². The van der Waals surface area contributed by atoms with Crippen LogP contribution in [0.4, 0.5) is 0 Å². The maximum Gasteiger partial charge on any atom is 0.335 e. The van der Waals surface area contributed by atoms with Crippen molar-refractivity contribution in [3.05, 3.63) is 78.4 Å². The van der Waals surface area contributed by atoms with Gasteiger partial charge < -0.3 is 4.74 Å². The van der Waals surface area contributed by atoms with Crippen LogP contribution in [0.5, 0.6) is 5.75 Å². The van der Waals surface area contributed by atoms with Crippen LogP contribution in [0.3, 0.4) is 0 Å². The average molecular weight is 373 g/mol. The van der Waals surface area contributed by atoms with Crippen LogP contribution in [0.15, 0.2) is 67.3 Å². The van der Waals surface area contributed by atoms with Crippen molar-refractivity contribution in [2.24, 2.45) is 0 Å². The number of thiol groups is 1. The van der Waals surface area contributed by atoms with Gasteiger partial charge in [-0.2, -0.15) is 24.4 Å². The highest BCUT2D eigenvalue weighted by atomic mass is 32.2. The molecule has 4 heteroatoms. The van der Waals surface area contributed by atoms with Crippen molar-refractivity contribution in [2.75, 3.05) is 17.3 Å². The first-order valence-electron chi connectivity index (χ1n) is 8.29. The molecular weight excluding hydrogens is 348 g/mol. The van der Waals surface area contributed by atoms with Crippen LogP contribution in [0.25, 0.3) is 0 Å². The Labute approximate surface area is 160 Å². The van der Waals surface area contributed by atoms with E-state index in [0.717, 1.165) is 23.7 Å². The normalized spacial score (nSPS) is 13.0. The molecule has 2 aromatic rings. The highest BCUT2D eigenvalue weighted by Gasteiger charge is 2.28. The Balaban J connectivity index is 2.25. The Morgan fingerprint density at radius 1 is 1.16 bits per heavy atom. The predicted molar refractivity (Wildman–Crippen MR) is 111 cm³/mol. The number of ether oxygens (including phenoxy) is 1. The van der Waals surface area contributed by atoms with E-state index in [0.29, 0.717) is 5.75 Å². The topological polar surface area (TPSA) is 26.3 Å². The quantitative estimate of drug-likeness (QED) is 0.217. The second-order valence-electron chi connectivity index (χ2n) is 5.98. The lowest BCUT2D eigenvalue weighted by atomic mass is 9.78. The lowest BCUT2D eigenvalue weighted by molar-refractivity contribution is -0.128. The maximum atomic E-state index is 11.3. The molecule has 0 fully saturated rings. The zero-order chi connectivity index (χ0) is 18.1. The van der Waals surface area contributed by atoms with Crippen molar-refractivity contribution in [3.63, 3.8) is 0 Å². The monoisotopic (exact) mass is 372 g/mol. The number of benzene rings is 2. The van der Waals surface area contributed by atoms with Crippen LogP contribution in [-0.2, 0) is 10.2 Å². The van der Waals surface area contributed by atoms with E-state index in [1.54, 1.807) is 0 Å². The lowest BCUT2D eigenvalue weighted by Gasteiger charge is -2.31. The van der Waals surface area contributed by atoms with E-state index >= 15 is 0 Å². The Bertz CT molecular complexity index is 683. The number of hydrogen-bond donors (Lipinski definition) is 1. The smallest absolute Gasteiger partial charge is 0.335 e. The van der Waals surface area contributed by atoms with Gasteiger partial charge in [0.2, 0.25) is 0 Å². The molecule has 2 rings (SSSR count). The summed E-state index contributed by atoms with van der Waals surface area (Å²) in [4.78, 5) is 11.3. The van der Waals surface area contributed by atoms with E-state index < -0.39 is 5.97 Å². The molecule has 2 nitrogen and oxygen atoms in total. The number of carbonyl (C=O) groups is 1. The summed E-state index contributed by atoms with van der Waals surface area (Å²) < 4.78 is 5.18. The van der Waals surface area contributed by atoms with Gasteiger partial charge >= 0.3 is 5.97 Å². The molecule has 0 N–H and O–H groups in total. The zero-order valence-corrected chi connectivity index (χ0v) is 16.2. The van der Waals surface area contributed by atoms with Crippen LogP contribution in [0, 0.1) is 0 Å². The molecule has 25 heavy (non-hydrogen) atoms. The van der Waals surface area contributed by atoms with Crippen LogP contribution >= 0.6 is 24.4 Å². The first-order chi connectivity index (χ1) is 12.1. The molecule has 1 unspecified atom stereocenters. The SMILES string of the molecule is C=CC(=O)Oc1ccc(C(C)(CSCCCS)c2ccccc2)cc1. The fraction of sp³-hybridized carbons (Fsp3) is 0.286. The molecule has 0 bridgehead atoms. The van der Waals surface area contributed by atoms with Gasteiger partial charge in [0, 0.05) is 17.2 Å². The highest BCUT2D eigenvalue weighted by molar-refractivity contribution is 7.99. The summed E-state index contributed by atoms with van der Waals surface area (Å²) in [7, 11) is 0. The second-order valence-corrected chi connectivity index (χ2v) is 7.53. The van der Waals surface area contributed by atoms with Gasteiger partial charge in [0.1, 0.15) is 5.75 Å². The summed E-state index contributed by atoms with van der Waals surface area (Å²) >= 11 is 6.24. The highest BCUT2D eigenvalue weighted by Crippen LogP contribution is 2.36. The van der Waals surface area contributed by atoms with Crippen LogP contribution in [0.1, 0.15) is 24.5 Å². The Hall–Kier alpha value is -1.65. The molecule has 0 saturated carbocycles. The summed E-state index contributed by atoms with van der Waals surface area (Å²) in [6.07, 6.45) is 2.27. The molecule has 0 aromatic heterocycles. The van der Waals surface area contributed by atoms with E-state index in [2.05, 4.69) is 50.4 Å². The molecule has 0 aliphatic carbocycles. The van der Waals surface area contributed by atoms with Gasteiger partial charge in [0.05, 0.1) is 0 Å². The maximum absolute atomic E-state index is 11.3. The van der Waals surface area contributed by atoms with Crippen molar-refractivity contribution < 1.29 is 9.53 Å². The zero-order valence-electron chi connectivity index (χ0n) is 14.5. The first-order valence-corrected chi connectivity index (χ1v) is 10.1. The lowest BCUT2D eigenvalue weighted by Crippen LogP contribution is -2.27. The van der Waals surface area contributed by atoms with Crippen LogP contribution < -0.4 is 4.74 Å². The third-order valence-corrected chi connectivity index (χ3v) is 5.80. The van der Waals surface area contributed by atoms with Crippen LogP contribution in [-0.4, -0.2) is 23.2 Å². The standard InChI is InChI=1S/C21H24O2S2/c1-3-20(22)23-19-12-10-18(11-13-19)21(2,16-25-15-7-14-24)17-8-5-4-6-9-17/h3-6,8-13,24H,1,7,14-16H2,2H3. The third-order valence-electron chi connectivity index (χ3n) is 4.13. The Morgan fingerprint density at radius 3 is 2.40 bits per heavy atom.